The zero-order chi connectivity index (χ0) is 34.3. The molecule has 2 aliphatic carbocycles. The van der Waals surface area contributed by atoms with Gasteiger partial charge >= 0.3 is 6.09 Å². The Balaban J connectivity index is 1.43. The minimum Gasteiger partial charge on any atom is -0.465 e. The van der Waals surface area contributed by atoms with Crippen LogP contribution in [0, 0.1) is 17.3 Å². The van der Waals surface area contributed by atoms with E-state index in [2.05, 4.69) is 16.0 Å². The first-order valence-electron chi connectivity index (χ1n) is 16.8. The number of nitrogens with zero attached hydrogens (tertiary/aromatic N) is 2. The van der Waals surface area contributed by atoms with Gasteiger partial charge in [-0.2, -0.15) is 0 Å². The Hall–Kier alpha value is -3.32. The van der Waals surface area contributed by atoms with Gasteiger partial charge in [-0.05, 0) is 35.3 Å². The van der Waals surface area contributed by atoms with Crippen molar-refractivity contribution in [2.24, 2.45) is 17.3 Å². The quantitative estimate of drug-likeness (QED) is 0.287. The molecule has 13 heteroatoms. The van der Waals surface area contributed by atoms with Crippen LogP contribution in [0.4, 0.5) is 13.6 Å². The number of amides is 4. The van der Waals surface area contributed by atoms with Crippen LogP contribution in [0.1, 0.15) is 83.4 Å². The maximum Gasteiger partial charge on any atom is 0.404 e. The number of piperazine rings is 1. The highest BCUT2D eigenvalue weighted by atomic mass is 19.3. The van der Waals surface area contributed by atoms with Gasteiger partial charge in [0.05, 0.1) is 24.6 Å². The molecule has 1 aromatic rings. The molecule has 1 saturated carbocycles. The highest BCUT2D eigenvalue weighted by Crippen LogP contribution is 2.37. The highest BCUT2D eigenvalue weighted by Gasteiger charge is 2.53. The molecule has 4 amide bonds. The number of aliphatic hydroxyl groups is 1. The first kappa shape index (κ1) is 35.0. The van der Waals surface area contributed by atoms with Crippen LogP contribution in [0.5, 0.6) is 0 Å². The van der Waals surface area contributed by atoms with Gasteiger partial charge in [0.25, 0.3) is 5.92 Å². The van der Waals surface area contributed by atoms with Crippen molar-refractivity contribution < 1.29 is 38.2 Å². The van der Waals surface area contributed by atoms with Gasteiger partial charge in [0.2, 0.25) is 17.7 Å². The number of carboxylic acid groups (broad SMARTS) is 1. The fourth-order valence-corrected chi connectivity index (χ4v) is 8.19. The van der Waals surface area contributed by atoms with E-state index in [0.717, 1.165) is 30.4 Å². The summed E-state index contributed by atoms with van der Waals surface area (Å²) in [5.41, 5.74) is 1.06. The molecule has 7 atom stereocenters. The summed E-state index contributed by atoms with van der Waals surface area (Å²) >= 11 is 0. The van der Waals surface area contributed by atoms with Crippen molar-refractivity contribution in [1.29, 1.82) is 0 Å². The van der Waals surface area contributed by atoms with Crippen molar-refractivity contribution in [2.45, 2.75) is 115 Å². The molecule has 47 heavy (non-hydrogen) atoms. The molecule has 5 N–H and O–H groups in total. The lowest BCUT2D eigenvalue weighted by atomic mass is 9.78. The molecule has 0 bridgehead atoms. The second kappa shape index (κ2) is 13.7. The van der Waals surface area contributed by atoms with Gasteiger partial charge < -0.3 is 31.1 Å². The van der Waals surface area contributed by atoms with Crippen molar-refractivity contribution >= 4 is 23.8 Å². The fourth-order valence-electron chi connectivity index (χ4n) is 8.19. The molecule has 2 saturated heterocycles. The zero-order valence-corrected chi connectivity index (χ0v) is 27.7. The van der Waals surface area contributed by atoms with Crippen molar-refractivity contribution in [1.82, 2.24) is 25.8 Å². The predicted octanol–water partition coefficient (Wildman–Crippen LogP) is 3.06. The lowest BCUT2D eigenvalue weighted by Gasteiger charge is -2.45. The molecule has 260 valence electrons. The Morgan fingerprint density at radius 1 is 1.02 bits per heavy atom. The first-order chi connectivity index (χ1) is 22.1. The summed E-state index contributed by atoms with van der Waals surface area (Å²) in [6.07, 6.45) is 1.82. The molecule has 0 radical (unpaired) electrons. The number of benzene rings is 1. The summed E-state index contributed by atoms with van der Waals surface area (Å²) < 4.78 is 29.3. The summed E-state index contributed by atoms with van der Waals surface area (Å²) in [6, 6.07) is 3.13. The van der Waals surface area contributed by atoms with Crippen LogP contribution in [0.3, 0.4) is 0 Å². The molecule has 2 aliphatic heterocycles. The summed E-state index contributed by atoms with van der Waals surface area (Å²) in [5.74, 6) is -5.58. The second-order valence-corrected chi connectivity index (χ2v) is 15.1. The number of hydrogen-bond acceptors (Lipinski definition) is 6. The van der Waals surface area contributed by atoms with Crippen LogP contribution >= 0.6 is 0 Å². The van der Waals surface area contributed by atoms with Crippen LogP contribution in [0.15, 0.2) is 24.3 Å². The number of fused-ring (bicyclic) bond motifs is 2. The molecule has 11 nitrogen and oxygen atoms in total. The number of carbonyl (C=O) groups excluding carboxylic acids is 3. The molecular weight excluding hydrogens is 612 g/mol. The number of hydrogen-bond donors (Lipinski definition) is 5. The third-order valence-electron chi connectivity index (χ3n) is 10.6. The number of halogens is 2. The Bertz CT molecular complexity index is 1350. The van der Waals surface area contributed by atoms with E-state index in [1.54, 1.807) is 11.8 Å². The minimum absolute atomic E-state index is 0.0986. The Morgan fingerprint density at radius 2 is 1.70 bits per heavy atom. The number of aliphatic hydroxyl groups excluding tert-OH is 1. The van der Waals surface area contributed by atoms with E-state index >= 15 is 0 Å². The average molecular weight is 662 g/mol. The number of nitrogens with one attached hydrogen (secondary N) is 3. The van der Waals surface area contributed by atoms with Gasteiger partial charge in [-0.25, -0.2) is 13.6 Å². The van der Waals surface area contributed by atoms with E-state index < -0.39 is 90.3 Å². The Morgan fingerprint density at radius 3 is 2.36 bits per heavy atom. The van der Waals surface area contributed by atoms with Gasteiger partial charge in [0.1, 0.15) is 12.1 Å². The zero-order valence-electron chi connectivity index (χ0n) is 27.7. The van der Waals surface area contributed by atoms with Crippen LogP contribution in [0.2, 0.25) is 0 Å². The number of carbonyl (C=O) groups is 4. The van der Waals surface area contributed by atoms with Gasteiger partial charge in [-0.15, -0.1) is 0 Å². The molecule has 1 unspecified atom stereocenters. The third-order valence-corrected chi connectivity index (χ3v) is 10.6. The van der Waals surface area contributed by atoms with Crippen LogP contribution < -0.4 is 16.0 Å². The molecule has 4 aliphatic rings. The van der Waals surface area contributed by atoms with Crippen LogP contribution in [0.25, 0.3) is 0 Å². The third kappa shape index (κ3) is 7.72. The highest BCUT2D eigenvalue weighted by molar-refractivity contribution is 5.93. The second-order valence-electron chi connectivity index (χ2n) is 15.1. The topological polar surface area (TPSA) is 151 Å². The molecule has 2 heterocycles. The van der Waals surface area contributed by atoms with Gasteiger partial charge in [0.15, 0.2) is 0 Å². The Labute approximate surface area is 274 Å². The molecule has 1 aromatic carbocycles. The molecule has 0 aromatic heterocycles. The van der Waals surface area contributed by atoms with Crippen molar-refractivity contribution in [3.05, 3.63) is 35.4 Å². The largest absolute Gasteiger partial charge is 0.465 e. The molecule has 0 spiro atoms. The van der Waals surface area contributed by atoms with Crippen molar-refractivity contribution in [2.75, 3.05) is 19.6 Å². The fraction of sp³-hybridized carbons (Fsp3) is 0.706. The molecule has 3 fully saturated rings. The predicted molar refractivity (Wildman–Crippen MR) is 170 cm³/mol. The van der Waals surface area contributed by atoms with E-state index in [9.17, 15) is 38.2 Å². The van der Waals surface area contributed by atoms with E-state index in [1.165, 1.54) is 4.90 Å². The maximum atomic E-state index is 14.6. The van der Waals surface area contributed by atoms with Gasteiger partial charge in [-0.3, -0.25) is 19.3 Å². The monoisotopic (exact) mass is 661 g/mol. The summed E-state index contributed by atoms with van der Waals surface area (Å²) in [6.45, 7) is 6.37. The summed E-state index contributed by atoms with van der Waals surface area (Å²) in [7, 11) is 0. The van der Waals surface area contributed by atoms with Gasteiger partial charge in [-0.1, -0.05) is 71.2 Å². The SMILES string of the molecule is C[C@H](C(=O)N[C@H](C(=O)N1C[C@H]2CC(F)(F)CN2C[C@H]1C(=O)N[C@H]1c2ccccc2C[C@@H]1O)C1CCCCC1)C(NC(=O)O)C(C)(C)C. The summed E-state index contributed by atoms with van der Waals surface area (Å²) in [5, 5.41) is 28.6. The first-order valence-corrected chi connectivity index (χ1v) is 16.8. The number of rotatable bonds is 8. The van der Waals surface area contributed by atoms with E-state index in [-0.39, 0.29) is 19.0 Å². The van der Waals surface area contributed by atoms with Gasteiger partial charge in [0, 0.05) is 38.0 Å². The van der Waals surface area contributed by atoms with E-state index in [1.807, 2.05) is 45.0 Å². The molecule has 5 rings (SSSR count). The maximum absolute atomic E-state index is 14.6. The molecular formula is C34H49F2N5O6. The standard InChI is InChI=1S/C34H49F2N5O6/c1-19(28(33(2,3)4)39-32(46)47)29(43)37-26(20-10-6-5-7-11-20)31(45)41-16-22-15-34(35,36)18-40(22)17-24(41)30(44)38-27-23-13-9-8-12-21(23)14-25(27)42/h8-9,12-13,19-20,22,24-28,39,42H,5-7,10-11,14-18H2,1-4H3,(H,37,43)(H,38,44)(H,46,47)/t19-,22+,24-,25-,26-,27-,28?/m0/s1. The van der Waals surface area contributed by atoms with E-state index in [4.69, 9.17) is 0 Å². The average Bonchev–Trinajstić information content (AvgIpc) is 3.49. The normalized spacial score (nSPS) is 28.0. The lowest BCUT2D eigenvalue weighted by molar-refractivity contribution is -0.150. The van der Waals surface area contributed by atoms with Crippen LogP contribution in [-0.2, 0) is 20.8 Å². The Kier molecular flexibility index (Phi) is 10.2. The smallest absolute Gasteiger partial charge is 0.404 e. The lowest BCUT2D eigenvalue weighted by Crippen LogP contribution is -2.66. The van der Waals surface area contributed by atoms with E-state index in [0.29, 0.717) is 19.3 Å². The van der Waals surface area contributed by atoms with Crippen molar-refractivity contribution in [3.63, 3.8) is 0 Å². The summed E-state index contributed by atoms with van der Waals surface area (Å²) in [4.78, 5) is 57.0. The van der Waals surface area contributed by atoms with Crippen LogP contribution in [-0.4, -0.2) is 99.7 Å². The minimum atomic E-state index is -2.96. The number of alkyl halides is 2. The van der Waals surface area contributed by atoms with Crippen molar-refractivity contribution in [3.8, 4) is 0 Å².